The summed E-state index contributed by atoms with van der Waals surface area (Å²) in [6.45, 7) is 4.60. The van der Waals surface area contributed by atoms with Gasteiger partial charge in [-0.05, 0) is 31.0 Å². The molecular weight excluding hydrogens is 250 g/mol. The normalized spacial score (nSPS) is 13.0. The molecule has 1 N–H and O–H groups in total. The van der Waals surface area contributed by atoms with Crippen molar-refractivity contribution < 1.29 is 9.90 Å². The number of halogens is 1. The van der Waals surface area contributed by atoms with Crippen LogP contribution in [0.4, 0.5) is 0 Å². The number of likely N-dealkylation sites (N-methyl/N-ethyl adjacent to an activating group) is 1. The molecule has 0 fully saturated rings. The second-order valence-corrected chi connectivity index (χ2v) is 5.40. The van der Waals surface area contributed by atoms with Crippen molar-refractivity contribution in [2.45, 2.75) is 32.9 Å². The molecular formula is C14H20ClNO2. The lowest BCUT2D eigenvalue weighted by Crippen LogP contribution is -2.39. The van der Waals surface area contributed by atoms with E-state index in [-0.39, 0.29) is 0 Å². The van der Waals surface area contributed by atoms with Gasteiger partial charge in [0.05, 0.1) is 0 Å². The second-order valence-electron chi connectivity index (χ2n) is 4.99. The third kappa shape index (κ3) is 4.31. The highest BCUT2D eigenvalue weighted by atomic mass is 35.5. The van der Waals surface area contributed by atoms with E-state index in [0.29, 0.717) is 23.9 Å². The minimum absolute atomic E-state index is 0.347. The average molecular weight is 270 g/mol. The predicted octanol–water partition coefficient (Wildman–Crippen LogP) is 3.27. The van der Waals surface area contributed by atoms with Crippen LogP contribution >= 0.6 is 11.6 Å². The van der Waals surface area contributed by atoms with E-state index in [1.54, 1.807) is 0 Å². The van der Waals surface area contributed by atoms with Gasteiger partial charge in [-0.25, -0.2) is 0 Å². The van der Waals surface area contributed by atoms with Gasteiger partial charge in [-0.2, -0.15) is 0 Å². The average Bonchev–Trinajstić information content (AvgIpc) is 2.28. The fourth-order valence-corrected chi connectivity index (χ4v) is 2.12. The first-order valence-electron chi connectivity index (χ1n) is 6.08. The van der Waals surface area contributed by atoms with E-state index in [2.05, 4.69) is 0 Å². The minimum atomic E-state index is -0.779. The van der Waals surface area contributed by atoms with Crippen molar-refractivity contribution >= 4 is 17.6 Å². The molecule has 0 bridgehead atoms. The van der Waals surface area contributed by atoms with Crippen molar-refractivity contribution in [3.63, 3.8) is 0 Å². The Labute approximate surface area is 113 Å². The molecule has 0 aliphatic carbocycles. The number of aliphatic carboxylic acids is 1. The van der Waals surface area contributed by atoms with Gasteiger partial charge < -0.3 is 5.11 Å². The molecule has 1 aromatic carbocycles. The number of rotatable bonds is 6. The summed E-state index contributed by atoms with van der Waals surface area (Å²) in [5, 5.41) is 9.94. The second kappa shape index (κ2) is 6.76. The molecule has 1 aromatic rings. The Bertz CT molecular complexity index is 407. The number of nitrogens with zero attached hydrogens (tertiary/aromatic N) is 1. The lowest BCUT2D eigenvalue weighted by atomic mass is 10.0. The van der Waals surface area contributed by atoms with Gasteiger partial charge in [0.15, 0.2) is 0 Å². The lowest BCUT2D eigenvalue weighted by Gasteiger charge is -2.26. The van der Waals surface area contributed by atoms with Gasteiger partial charge in [-0.3, -0.25) is 9.69 Å². The predicted molar refractivity (Wildman–Crippen MR) is 73.8 cm³/mol. The van der Waals surface area contributed by atoms with Crippen molar-refractivity contribution in [1.29, 1.82) is 0 Å². The van der Waals surface area contributed by atoms with Crippen molar-refractivity contribution in [1.82, 2.24) is 4.90 Å². The number of carboxylic acid groups (broad SMARTS) is 1. The standard InChI is InChI=1S/C14H20ClNO2/c1-10(2)8-13(14(17)18)16(3)9-11-6-4-5-7-12(11)15/h4-7,10,13H,8-9H2,1-3H3,(H,17,18)/t13-/m0/s1. The number of hydrogen-bond donors (Lipinski definition) is 1. The minimum Gasteiger partial charge on any atom is -0.480 e. The Morgan fingerprint density at radius 3 is 2.50 bits per heavy atom. The van der Waals surface area contributed by atoms with E-state index in [1.807, 2.05) is 50.1 Å². The van der Waals surface area contributed by atoms with Crippen molar-refractivity contribution in [2.75, 3.05) is 7.05 Å². The maximum absolute atomic E-state index is 11.3. The Morgan fingerprint density at radius 1 is 1.39 bits per heavy atom. The van der Waals surface area contributed by atoms with Crippen LogP contribution in [0, 0.1) is 5.92 Å². The van der Waals surface area contributed by atoms with Crippen molar-refractivity contribution in [2.24, 2.45) is 5.92 Å². The van der Waals surface area contributed by atoms with Crippen LogP contribution in [0.1, 0.15) is 25.8 Å². The van der Waals surface area contributed by atoms with E-state index in [1.165, 1.54) is 0 Å². The van der Waals surface area contributed by atoms with Gasteiger partial charge >= 0.3 is 5.97 Å². The molecule has 0 saturated carbocycles. The zero-order chi connectivity index (χ0) is 13.7. The summed E-state index contributed by atoms with van der Waals surface area (Å²) in [7, 11) is 1.82. The summed E-state index contributed by atoms with van der Waals surface area (Å²) in [4.78, 5) is 13.1. The largest absolute Gasteiger partial charge is 0.480 e. The van der Waals surface area contributed by atoms with Crippen LogP contribution in [0.3, 0.4) is 0 Å². The fraction of sp³-hybridized carbons (Fsp3) is 0.500. The molecule has 0 aromatic heterocycles. The quantitative estimate of drug-likeness (QED) is 0.862. The maximum atomic E-state index is 11.3. The van der Waals surface area contributed by atoms with Crippen LogP contribution in [-0.4, -0.2) is 29.1 Å². The highest BCUT2D eigenvalue weighted by molar-refractivity contribution is 6.31. The molecule has 0 aliphatic rings. The van der Waals surface area contributed by atoms with Crippen molar-refractivity contribution in [3.05, 3.63) is 34.9 Å². The molecule has 1 rings (SSSR count). The van der Waals surface area contributed by atoms with Gasteiger partial charge in [-0.15, -0.1) is 0 Å². The first-order valence-corrected chi connectivity index (χ1v) is 6.46. The molecule has 3 nitrogen and oxygen atoms in total. The number of carboxylic acids is 1. The van der Waals surface area contributed by atoms with Crippen LogP contribution in [0.25, 0.3) is 0 Å². The third-order valence-electron chi connectivity index (χ3n) is 2.89. The Balaban J connectivity index is 2.76. The molecule has 0 amide bonds. The molecule has 18 heavy (non-hydrogen) atoms. The van der Waals surface area contributed by atoms with E-state index in [0.717, 1.165) is 5.56 Å². The fourth-order valence-electron chi connectivity index (χ4n) is 1.92. The lowest BCUT2D eigenvalue weighted by molar-refractivity contribution is -0.143. The maximum Gasteiger partial charge on any atom is 0.320 e. The molecule has 1 atom stereocenters. The zero-order valence-electron chi connectivity index (χ0n) is 11.1. The molecule has 0 saturated heterocycles. The number of benzene rings is 1. The monoisotopic (exact) mass is 269 g/mol. The highest BCUT2D eigenvalue weighted by Crippen LogP contribution is 2.19. The summed E-state index contributed by atoms with van der Waals surface area (Å²) in [5.41, 5.74) is 0.955. The molecule has 100 valence electrons. The Morgan fingerprint density at radius 2 is 2.00 bits per heavy atom. The topological polar surface area (TPSA) is 40.5 Å². The van der Waals surface area contributed by atoms with Gasteiger partial charge in [0.2, 0.25) is 0 Å². The summed E-state index contributed by atoms with van der Waals surface area (Å²) >= 11 is 6.08. The molecule has 0 aliphatic heterocycles. The molecule has 0 unspecified atom stereocenters. The Kier molecular flexibility index (Phi) is 5.63. The first-order chi connectivity index (χ1) is 8.41. The first kappa shape index (κ1) is 15.0. The van der Waals surface area contributed by atoms with Crippen LogP contribution < -0.4 is 0 Å². The van der Waals surface area contributed by atoms with Gasteiger partial charge in [0.25, 0.3) is 0 Å². The number of hydrogen-bond acceptors (Lipinski definition) is 2. The van der Waals surface area contributed by atoms with E-state index in [4.69, 9.17) is 11.6 Å². The summed E-state index contributed by atoms with van der Waals surface area (Å²) in [6.07, 6.45) is 0.635. The van der Waals surface area contributed by atoms with E-state index >= 15 is 0 Å². The number of carbonyl (C=O) groups is 1. The molecule has 0 radical (unpaired) electrons. The van der Waals surface area contributed by atoms with Crippen LogP contribution in [0.15, 0.2) is 24.3 Å². The SMILES string of the molecule is CC(C)C[C@@H](C(=O)O)N(C)Cc1ccccc1Cl. The van der Waals surface area contributed by atoms with E-state index in [9.17, 15) is 9.90 Å². The zero-order valence-corrected chi connectivity index (χ0v) is 11.8. The van der Waals surface area contributed by atoms with Gasteiger partial charge in [0.1, 0.15) is 6.04 Å². The third-order valence-corrected chi connectivity index (χ3v) is 3.26. The van der Waals surface area contributed by atoms with E-state index < -0.39 is 12.0 Å². The summed E-state index contributed by atoms with van der Waals surface area (Å²) < 4.78 is 0. The highest BCUT2D eigenvalue weighted by Gasteiger charge is 2.23. The molecule has 0 spiro atoms. The summed E-state index contributed by atoms with van der Waals surface area (Å²) in [5.74, 6) is -0.432. The smallest absolute Gasteiger partial charge is 0.320 e. The van der Waals surface area contributed by atoms with Gasteiger partial charge in [0, 0.05) is 11.6 Å². The summed E-state index contributed by atoms with van der Waals surface area (Å²) in [6, 6.07) is 7.05. The van der Waals surface area contributed by atoms with Gasteiger partial charge in [-0.1, -0.05) is 43.6 Å². The van der Waals surface area contributed by atoms with Crippen molar-refractivity contribution in [3.8, 4) is 0 Å². The van der Waals surface area contributed by atoms with Crippen LogP contribution in [0.2, 0.25) is 5.02 Å². The molecule has 0 heterocycles. The van der Waals surface area contributed by atoms with Crippen LogP contribution in [0.5, 0.6) is 0 Å². The Hall–Kier alpha value is -1.06. The van der Waals surface area contributed by atoms with Crippen LogP contribution in [-0.2, 0) is 11.3 Å². The molecule has 4 heteroatoms.